The summed E-state index contributed by atoms with van der Waals surface area (Å²) in [6, 6.07) is -0.648. The molecule has 5 nitrogen and oxygen atoms in total. The van der Waals surface area contributed by atoms with Gasteiger partial charge in [-0.3, -0.25) is 9.59 Å². The number of morpholine rings is 1. The molecule has 1 aliphatic heterocycles. The van der Waals surface area contributed by atoms with E-state index in [1.165, 1.54) is 4.90 Å². The Balaban J connectivity index is -0.000000529. The third-order valence-electron chi connectivity index (χ3n) is 2.45. The van der Waals surface area contributed by atoms with Crippen molar-refractivity contribution in [3.05, 3.63) is 0 Å². The van der Waals surface area contributed by atoms with Gasteiger partial charge >= 0.3 is 0 Å². The van der Waals surface area contributed by atoms with E-state index < -0.39 is 17.7 Å². The van der Waals surface area contributed by atoms with E-state index in [1.54, 1.807) is 0 Å². The molecule has 1 fully saturated rings. The summed E-state index contributed by atoms with van der Waals surface area (Å²) in [6.45, 7) is 11.9. The molecule has 1 aliphatic rings. The molecule has 1 saturated heterocycles. The van der Waals surface area contributed by atoms with Gasteiger partial charge in [0.2, 0.25) is 5.78 Å². The normalized spacial score (nSPS) is 15.4. The van der Waals surface area contributed by atoms with E-state index in [2.05, 4.69) is 0 Å². The van der Waals surface area contributed by atoms with Crippen LogP contribution in [0.5, 0.6) is 0 Å². The van der Waals surface area contributed by atoms with E-state index in [1.807, 2.05) is 34.6 Å². The predicted molar refractivity (Wildman–Crippen MR) is 80.1 cm³/mol. The van der Waals surface area contributed by atoms with E-state index in [0.717, 1.165) is 6.42 Å². The number of ether oxygens (including phenoxy) is 1. The minimum absolute atomic E-state index is 0. The number of nitrogens with zero attached hydrogens (tertiary/aromatic N) is 1. The molecule has 5 heteroatoms. The van der Waals surface area contributed by atoms with Gasteiger partial charge in [0.15, 0.2) is 0 Å². The van der Waals surface area contributed by atoms with Gasteiger partial charge in [0, 0.05) is 14.5 Å². The average Bonchev–Trinajstić information content (AvgIpc) is 2.51. The molecule has 1 heterocycles. The number of carbonyl (C=O) groups is 2. The quantitative estimate of drug-likeness (QED) is 0.795. The first-order valence-corrected chi connectivity index (χ1v) is 7.33. The molecule has 0 aromatic carbocycles. The molecule has 1 unspecified atom stereocenters. The Kier molecular flexibility index (Phi) is 14.5. The molecule has 2 N–H and O–H groups in total. The Hall–Kier alpha value is -0.940. The zero-order chi connectivity index (χ0) is 15.3. The highest BCUT2D eigenvalue weighted by Crippen LogP contribution is 2.02. The van der Waals surface area contributed by atoms with E-state index in [4.69, 9.17) is 10.5 Å². The summed E-state index contributed by atoms with van der Waals surface area (Å²) in [7, 11) is 0. The molecule has 0 aromatic heterocycles. The molecule has 0 radical (unpaired) electrons. The van der Waals surface area contributed by atoms with Gasteiger partial charge in [-0.15, -0.1) is 0 Å². The second-order valence-electron chi connectivity index (χ2n) is 3.66. The van der Waals surface area contributed by atoms with Crippen LogP contribution in [0.2, 0.25) is 0 Å². The van der Waals surface area contributed by atoms with Gasteiger partial charge < -0.3 is 15.4 Å². The zero-order valence-electron chi connectivity index (χ0n) is 13.1. The molecular formula is C14H32N2O3. The first kappa shape index (κ1) is 20.4. The maximum Gasteiger partial charge on any atom is 0.291 e. The van der Waals surface area contributed by atoms with Crippen LogP contribution in [0.15, 0.2) is 0 Å². The van der Waals surface area contributed by atoms with Crippen LogP contribution in [-0.4, -0.2) is 48.9 Å². The molecule has 0 bridgehead atoms. The number of hydrogen-bond donors (Lipinski definition) is 1. The molecule has 1 rings (SSSR count). The fourth-order valence-electron chi connectivity index (χ4n) is 1.52. The summed E-state index contributed by atoms with van der Waals surface area (Å²) in [4.78, 5) is 24.7. The number of carbonyl (C=O) groups excluding carboxylic acids is 2. The topological polar surface area (TPSA) is 72.6 Å². The highest BCUT2D eigenvalue weighted by atomic mass is 16.5. The van der Waals surface area contributed by atoms with E-state index >= 15 is 0 Å². The fourth-order valence-corrected chi connectivity index (χ4v) is 1.52. The van der Waals surface area contributed by atoms with Gasteiger partial charge in [-0.2, -0.15) is 0 Å². The first-order valence-electron chi connectivity index (χ1n) is 7.33. The van der Waals surface area contributed by atoms with Crippen molar-refractivity contribution in [3.63, 3.8) is 0 Å². The molecule has 0 saturated carbocycles. The summed E-state index contributed by atoms with van der Waals surface area (Å²) in [5, 5.41) is 0. The summed E-state index contributed by atoms with van der Waals surface area (Å²) in [6.07, 6.45) is 1.37. The largest absolute Gasteiger partial charge is 0.378 e. The lowest BCUT2D eigenvalue weighted by atomic mass is 10.1. The van der Waals surface area contributed by atoms with Crippen LogP contribution in [0.25, 0.3) is 0 Å². The smallest absolute Gasteiger partial charge is 0.291 e. The first-order chi connectivity index (χ1) is 9.16. The Morgan fingerprint density at radius 2 is 1.68 bits per heavy atom. The van der Waals surface area contributed by atoms with Gasteiger partial charge in [-0.25, -0.2) is 0 Å². The Bertz CT molecular complexity index is 245. The van der Waals surface area contributed by atoms with Gasteiger partial charge in [-0.05, 0) is 6.42 Å². The predicted octanol–water partition coefficient (Wildman–Crippen LogP) is 1.84. The van der Waals surface area contributed by atoms with Crippen LogP contribution in [0, 0.1) is 0 Å². The summed E-state index contributed by atoms with van der Waals surface area (Å²) in [5.74, 6) is -0.932. The lowest BCUT2D eigenvalue weighted by Crippen LogP contribution is -2.48. The highest BCUT2D eigenvalue weighted by molar-refractivity contribution is 6.38. The molecule has 19 heavy (non-hydrogen) atoms. The third-order valence-corrected chi connectivity index (χ3v) is 2.45. The Labute approximate surface area is 119 Å². The van der Waals surface area contributed by atoms with Crippen LogP contribution in [-0.2, 0) is 14.3 Å². The van der Waals surface area contributed by atoms with Crippen LogP contribution < -0.4 is 5.73 Å². The van der Waals surface area contributed by atoms with Crippen LogP contribution in [0.4, 0.5) is 0 Å². The van der Waals surface area contributed by atoms with E-state index in [-0.39, 0.29) is 1.43 Å². The van der Waals surface area contributed by atoms with Crippen molar-refractivity contribution in [1.29, 1.82) is 0 Å². The number of amides is 1. The number of hydrogen-bond acceptors (Lipinski definition) is 4. The second-order valence-corrected chi connectivity index (χ2v) is 3.66. The molecular weight excluding hydrogens is 244 g/mol. The van der Waals surface area contributed by atoms with Gasteiger partial charge in [0.1, 0.15) is 0 Å². The van der Waals surface area contributed by atoms with E-state index in [9.17, 15) is 9.59 Å². The van der Waals surface area contributed by atoms with Gasteiger partial charge in [0.05, 0.1) is 19.3 Å². The monoisotopic (exact) mass is 276 g/mol. The van der Waals surface area contributed by atoms with Crippen LogP contribution >= 0.6 is 0 Å². The number of ketones is 1. The number of nitrogens with two attached hydrogens (primary N) is 1. The molecule has 116 valence electrons. The lowest BCUT2D eigenvalue weighted by molar-refractivity contribution is -0.148. The standard InChI is InChI=1S/C10H18N2O3.2C2H6.H2/c1-2-3-8(11)9(13)10(14)12-4-6-15-7-5-12;2*1-2;/h8H,2-7,11H2,1H3;2*1-2H3;1H. The molecule has 0 aliphatic carbocycles. The summed E-state index contributed by atoms with van der Waals surface area (Å²) < 4.78 is 5.10. The van der Waals surface area contributed by atoms with Crippen molar-refractivity contribution >= 4 is 11.7 Å². The van der Waals surface area contributed by atoms with Crippen molar-refractivity contribution in [2.75, 3.05) is 26.3 Å². The van der Waals surface area contributed by atoms with Crippen LogP contribution in [0.1, 0.15) is 48.9 Å². The minimum Gasteiger partial charge on any atom is -0.378 e. The minimum atomic E-state index is -0.648. The maximum atomic E-state index is 11.7. The van der Waals surface area contributed by atoms with Crippen LogP contribution in [0.3, 0.4) is 0 Å². The zero-order valence-corrected chi connectivity index (χ0v) is 13.1. The summed E-state index contributed by atoms with van der Waals surface area (Å²) in [5.41, 5.74) is 5.61. The average molecular weight is 276 g/mol. The Morgan fingerprint density at radius 1 is 1.21 bits per heavy atom. The number of rotatable bonds is 4. The SMILES string of the molecule is CC.CC.CCCC(N)C(=O)C(=O)N1CCOCC1.[HH]. The van der Waals surface area contributed by atoms with Crippen molar-refractivity contribution in [2.45, 2.75) is 53.5 Å². The second kappa shape index (κ2) is 13.5. The lowest BCUT2D eigenvalue weighted by Gasteiger charge is -2.26. The molecule has 1 amide bonds. The van der Waals surface area contributed by atoms with E-state index in [0.29, 0.717) is 32.7 Å². The van der Waals surface area contributed by atoms with Crippen molar-refractivity contribution in [2.24, 2.45) is 5.73 Å². The number of Topliss-reactive ketones (excluding diaryl/α,β-unsaturated/α-hetero) is 1. The van der Waals surface area contributed by atoms with Crippen molar-refractivity contribution in [1.82, 2.24) is 4.90 Å². The highest BCUT2D eigenvalue weighted by Gasteiger charge is 2.27. The molecule has 1 atom stereocenters. The Morgan fingerprint density at radius 3 is 2.11 bits per heavy atom. The van der Waals surface area contributed by atoms with Crippen molar-refractivity contribution in [3.8, 4) is 0 Å². The fraction of sp³-hybridized carbons (Fsp3) is 0.857. The van der Waals surface area contributed by atoms with Gasteiger partial charge in [0.25, 0.3) is 5.91 Å². The van der Waals surface area contributed by atoms with Crippen molar-refractivity contribution < 1.29 is 15.8 Å². The molecule has 0 spiro atoms. The maximum absolute atomic E-state index is 11.7. The summed E-state index contributed by atoms with van der Waals surface area (Å²) >= 11 is 0. The third kappa shape index (κ3) is 7.95. The van der Waals surface area contributed by atoms with Gasteiger partial charge in [-0.1, -0.05) is 41.0 Å². The molecule has 0 aromatic rings.